The van der Waals surface area contributed by atoms with E-state index < -0.39 is 6.10 Å². The summed E-state index contributed by atoms with van der Waals surface area (Å²) in [6.07, 6.45) is 1.22. The maximum absolute atomic E-state index is 12.1. The van der Waals surface area contributed by atoms with Gasteiger partial charge in [0.2, 0.25) is 0 Å². The summed E-state index contributed by atoms with van der Waals surface area (Å²) in [6.45, 7) is 0. The van der Waals surface area contributed by atoms with Crippen LogP contribution in [0, 0.1) is 0 Å². The van der Waals surface area contributed by atoms with E-state index in [1.165, 1.54) is 4.68 Å². The van der Waals surface area contributed by atoms with Crippen LogP contribution in [0.3, 0.4) is 0 Å². The number of benzene rings is 1. The number of aromatic nitrogens is 2. The molecule has 0 amide bonds. The van der Waals surface area contributed by atoms with Crippen LogP contribution in [-0.4, -0.2) is 21.5 Å². The molecule has 3 rings (SSSR count). The first-order valence-electron chi connectivity index (χ1n) is 5.98. The summed E-state index contributed by atoms with van der Waals surface area (Å²) in [6, 6.07) is 8.81. The highest BCUT2D eigenvalue weighted by molar-refractivity contribution is 5.98. The number of carbonyl (C=O) groups excluding carboxylic acids is 2. The molecule has 1 aromatic carbocycles. The molecule has 0 spiro atoms. The van der Waals surface area contributed by atoms with E-state index in [1.54, 1.807) is 31.4 Å². The molecule has 0 saturated heterocycles. The molecule has 19 heavy (non-hydrogen) atoms. The van der Waals surface area contributed by atoms with Crippen molar-refractivity contribution in [2.24, 2.45) is 7.05 Å². The molecule has 5 heteroatoms. The fraction of sp³-hybridized carbons (Fsp3) is 0.214. The molecule has 0 unspecified atom stereocenters. The first-order chi connectivity index (χ1) is 9.16. The highest BCUT2D eigenvalue weighted by Crippen LogP contribution is 2.33. The molecule has 1 atom stereocenters. The molecule has 0 fully saturated rings. The van der Waals surface area contributed by atoms with Crippen molar-refractivity contribution in [1.82, 2.24) is 9.78 Å². The van der Waals surface area contributed by atoms with Crippen molar-refractivity contribution in [3.8, 4) is 0 Å². The van der Waals surface area contributed by atoms with E-state index in [4.69, 9.17) is 4.74 Å². The number of hydrogen-bond donors (Lipinski definition) is 0. The van der Waals surface area contributed by atoms with Gasteiger partial charge in [0.25, 0.3) is 0 Å². The number of Topliss-reactive ketones (excluding diaryl/α,β-unsaturated/α-hetero) is 1. The van der Waals surface area contributed by atoms with E-state index in [0.29, 0.717) is 11.3 Å². The summed E-state index contributed by atoms with van der Waals surface area (Å²) in [5.41, 5.74) is 1.84. The molecule has 0 aliphatic carbocycles. The monoisotopic (exact) mass is 256 g/mol. The third-order valence-electron chi connectivity index (χ3n) is 3.25. The summed E-state index contributed by atoms with van der Waals surface area (Å²) >= 11 is 0. The smallest absolute Gasteiger partial charge is 0.339 e. The Labute approximate surface area is 109 Å². The molecule has 0 radical (unpaired) electrons. The zero-order valence-electron chi connectivity index (χ0n) is 10.4. The number of fused-ring (bicyclic) bond motifs is 1. The quantitative estimate of drug-likeness (QED) is 0.621. The van der Waals surface area contributed by atoms with Gasteiger partial charge in [-0.05, 0) is 12.1 Å². The summed E-state index contributed by atoms with van der Waals surface area (Å²) in [5.74, 6) is -0.451. The molecule has 0 bridgehead atoms. The van der Waals surface area contributed by atoms with Crippen LogP contribution in [0.15, 0.2) is 36.5 Å². The molecule has 0 saturated carbocycles. The number of hydrogen-bond acceptors (Lipinski definition) is 4. The molecule has 5 nitrogen and oxygen atoms in total. The normalized spacial score (nSPS) is 17.1. The van der Waals surface area contributed by atoms with Gasteiger partial charge in [-0.2, -0.15) is 5.10 Å². The lowest BCUT2D eigenvalue weighted by atomic mass is 10.0. The van der Waals surface area contributed by atoms with Gasteiger partial charge in [0, 0.05) is 18.8 Å². The largest absolute Gasteiger partial charge is 0.453 e. The molecule has 1 aromatic heterocycles. The van der Waals surface area contributed by atoms with Crippen LogP contribution in [-0.2, 0) is 11.8 Å². The number of aryl methyl sites for hydroxylation is 1. The number of nitrogens with zero attached hydrogens (tertiary/aromatic N) is 2. The standard InChI is InChI=1S/C14H12N2O3/c1-16-11(6-7-15-16)12(17)8-13-9-4-2-3-5-10(9)14(18)19-13/h2-7,13H,8H2,1H3/t13-/m0/s1. The number of esters is 1. The summed E-state index contributed by atoms with van der Waals surface area (Å²) in [7, 11) is 1.71. The van der Waals surface area contributed by atoms with Gasteiger partial charge in [-0.25, -0.2) is 4.79 Å². The van der Waals surface area contributed by atoms with Gasteiger partial charge < -0.3 is 4.74 Å². The van der Waals surface area contributed by atoms with Crippen molar-refractivity contribution in [2.45, 2.75) is 12.5 Å². The average Bonchev–Trinajstić information content (AvgIpc) is 2.95. The minimum absolute atomic E-state index is 0.0884. The number of rotatable bonds is 3. The lowest BCUT2D eigenvalue weighted by molar-refractivity contribution is 0.0366. The average molecular weight is 256 g/mol. The SMILES string of the molecule is Cn1nccc1C(=O)C[C@@H]1OC(=O)c2ccccc21. The Morgan fingerprint density at radius 3 is 2.89 bits per heavy atom. The van der Waals surface area contributed by atoms with Gasteiger partial charge in [0.1, 0.15) is 11.8 Å². The molecule has 1 aliphatic heterocycles. The van der Waals surface area contributed by atoms with Crippen LogP contribution in [0.4, 0.5) is 0 Å². The van der Waals surface area contributed by atoms with Gasteiger partial charge in [-0.15, -0.1) is 0 Å². The maximum atomic E-state index is 12.1. The molecule has 1 aliphatic rings. The number of ether oxygens (including phenoxy) is 1. The highest BCUT2D eigenvalue weighted by Gasteiger charge is 2.32. The maximum Gasteiger partial charge on any atom is 0.339 e. The van der Waals surface area contributed by atoms with Crippen LogP contribution < -0.4 is 0 Å². The van der Waals surface area contributed by atoms with Crippen LogP contribution in [0.1, 0.15) is 38.9 Å². The Balaban J connectivity index is 1.85. The Kier molecular flexibility index (Phi) is 2.67. The second kappa shape index (κ2) is 4.35. The minimum Gasteiger partial charge on any atom is -0.453 e. The van der Waals surface area contributed by atoms with Crippen LogP contribution >= 0.6 is 0 Å². The lowest BCUT2D eigenvalue weighted by Gasteiger charge is -2.09. The second-order valence-electron chi connectivity index (χ2n) is 4.45. The van der Waals surface area contributed by atoms with E-state index in [0.717, 1.165) is 5.56 Å². The number of cyclic esters (lactones) is 1. The van der Waals surface area contributed by atoms with E-state index in [9.17, 15) is 9.59 Å². The predicted octanol–water partition coefficient (Wildman–Crippen LogP) is 1.90. The third kappa shape index (κ3) is 1.93. The first-order valence-corrected chi connectivity index (χ1v) is 5.98. The fourth-order valence-electron chi connectivity index (χ4n) is 2.29. The van der Waals surface area contributed by atoms with Crippen LogP contribution in [0.2, 0.25) is 0 Å². The van der Waals surface area contributed by atoms with Gasteiger partial charge in [-0.1, -0.05) is 18.2 Å². The summed E-state index contributed by atoms with van der Waals surface area (Å²) < 4.78 is 6.77. The van der Waals surface area contributed by atoms with Crippen molar-refractivity contribution in [3.63, 3.8) is 0 Å². The molecule has 0 N–H and O–H groups in total. The number of ketones is 1. The lowest BCUT2D eigenvalue weighted by Crippen LogP contribution is -2.11. The van der Waals surface area contributed by atoms with Gasteiger partial charge in [-0.3, -0.25) is 9.48 Å². The fourth-order valence-corrected chi connectivity index (χ4v) is 2.29. The zero-order valence-corrected chi connectivity index (χ0v) is 10.4. The molecular formula is C14H12N2O3. The van der Waals surface area contributed by atoms with E-state index in [2.05, 4.69) is 5.10 Å². The molecule has 96 valence electrons. The van der Waals surface area contributed by atoms with Crippen molar-refractivity contribution < 1.29 is 14.3 Å². The molecule has 2 aromatic rings. The second-order valence-corrected chi connectivity index (χ2v) is 4.45. The van der Waals surface area contributed by atoms with E-state index in [1.807, 2.05) is 12.1 Å². The Hall–Kier alpha value is -2.43. The van der Waals surface area contributed by atoms with Crippen molar-refractivity contribution in [1.29, 1.82) is 0 Å². The third-order valence-corrected chi connectivity index (χ3v) is 3.25. The zero-order chi connectivity index (χ0) is 13.4. The van der Waals surface area contributed by atoms with Gasteiger partial charge in [0.15, 0.2) is 5.78 Å². The van der Waals surface area contributed by atoms with Crippen LogP contribution in [0.25, 0.3) is 0 Å². The number of carbonyl (C=O) groups is 2. The Bertz CT molecular complexity index is 660. The first kappa shape index (κ1) is 11.6. The highest BCUT2D eigenvalue weighted by atomic mass is 16.5. The predicted molar refractivity (Wildman–Crippen MR) is 66.8 cm³/mol. The van der Waals surface area contributed by atoms with Crippen molar-refractivity contribution >= 4 is 11.8 Å². The summed E-state index contributed by atoms with van der Waals surface area (Å²) in [5, 5.41) is 3.96. The topological polar surface area (TPSA) is 61.2 Å². The van der Waals surface area contributed by atoms with Crippen molar-refractivity contribution in [2.75, 3.05) is 0 Å². The van der Waals surface area contributed by atoms with Crippen LogP contribution in [0.5, 0.6) is 0 Å². The van der Waals surface area contributed by atoms with E-state index >= 15 is 0 Å². The summed E-state index contributed by atoms with van der Waals surface area (Å²) in [4.78, 5) is 23.8. The van der Waals surface area contributed by atoms with E-state index in [-0.39, 0.29) is 18.2 Å². The molecular weight excluding hydrogens is 244 g/mol. The van der Waals surface area contributed by atoms with Crippen molar-refractivity contribution in [3.05, 3.63) is 53.3 Å². The Morgan fingerprint density at radius 1 is 1.37 bits per heavy atom. The minimum atomic E-state index is -0.494. The van der Waals surface area contributed by atoms with Gasteiger partial charge in [0.05, 0.1) is 12.0 Å². The Morgan fingerprint density at radius 2 is 2.16 bits per heavy atom. The molecule has 2 heterocycles. The van der Waals surface area contributed by atoms with Gasteiger partial charge >= 0.3 is 5.97 Å².